The van der Waals surface area contributed by atoms with Crippen molar-refractivity contribution in [3.63, 3.8) is 0 Å². The molecule has 0 aliphatic rings. The molecule has 11 rings (SSSR count). The van der Waals surface area contributed by atoms with Gasteiger partial charge in [0, 0.05) is 39.2 Å². The normalized spacial score (nSPS) is 11.7. The van der Waals surface area contributed by atoms with Crippen molar-refractivity contribution in [2.75, 3.05) is 4.90 Å². The average Bonchev–Trinajstić information content (AvgIpc) is 3.94. The Kier molecular flexibility index (Phi) is 6.79. The zero-order valence-electron chi connectivity index (χ0n) is 28.9. The Morgan fingerprint density at radius 2 is 0.981 bits per heavy atom. The van der Waals surface area contributed by atoms with Gasteiger partial charge < -0.3 is 18.2 Å². The highest BCUT2D eigenvalue weighted by molar-refractivity contribution is 6.15. The fraction of sp³-hybridized carbons (Fsp3) is 0. The maximum absolute atomic E-state index is 6.46. The minimum atomic E-state index is 0.586. The minimum absolute atomic E-state index is 0.586. The Bertz CT molecular complexity index is 3160. The van der Waals surface area contributed by atoms with Crippen LogP contribution < -0.4 is 4.90 Å². The molecule has 5 heteroatoms. The van der Waals surface area contributed by atoms with Crippen molar-refractivity contribution in [1.82, 2.24) is 4.98 Å². The van der Waals surface area contributed by atoms with E-state index in [1.807, 2.05) is 54.6 Å². The Morgan fingerprint density at radius 3 is 1.78 bits per heavy atom. The van der Waals surface area contributed by atoms with Gasteiger partial charge in [0.1, 0.15) is 27.8 Å². The summed E-state index contributed by atoms with van der Waals surface area (Å²) in [7, 11) is 0. The molecule has 3 heterocycles. The lowest BCUT2D eigenvalue weighted by molar-refractivity contribution is 0.620. The standard InChI is InChI=1S/C49H30N2O3/c1-4-13-31(14-5-1)36-25-23-34(27-38(36)32-15-6-2-7-16-32)51(42-20-12-22-45-48(42)37-19-10-11-21-43(37)52-45)35-24-26-44-39(28-35)40-29-47-41(30-46(40)53-44)50-49(54-47)33-17-8-3-9-18-33/h1-30H. The number of hydrogen-bond donors (Lipinski definition) is 0. The first kappa shape index (κ1) is 30.3. The third-order valence-electron chi connectivity index (χ3n) is 10.3. The molecule has 5 nitrogen and oxygen atoms in total. The van der Waals surface area contributed by atoms with Crippen LogP contribution in [0.15, 0.2) is 195 Å². The molecule has 0 saturated carbocycles. The van der Waals surface area contributed by atoms with Crippen molar-refractivity contribution in [1.29, 1.82) is 0 Å². The van der Waals surface area contributed by atoms with Crippen LogP contribution in [0.1, 0.15) is 0 Å². The third-order valence-corrected chi connectivity index (χ3v) is 10.3. The Labute approximate surface area is 309 Å². The lowest BCUT2D eigenvalue weighted by atomic mass is 9.93. The van der Waals surface area contributed by atoms with E-state index >= 15 is 0 Å². The fourth-order valence-corrected chi connectivity index (χ4v) is 7.80. The monoisotopic (exact) mass is 694 g/mol. The number of benzene rings is 8. The van der Waals surface area contributed by atoms with Crippen LogP contribution in [-0.2, 0) is 0 Å². The highest BCUT2D eigenvalue weighted by atomic mass is 16.4. The zero-order valence-corrected chi connectivity index (χ0v) is 28.9. The summed E-state index contributed by atoms with van der Waals surface area (Å²) < 4.78 is 19.2. The van der Waals surface area contributed by atoms with E-state index in [1.165, 1.54) is 5.56 Å². The van der Waals surface area contributed by atoms with Crippen molar-refractivity contribution >= 4 is 72.0 Å². The number of nitrogens with zero attached hydrogens (tertiary/aromatic N) is 2. The van der Waals surface area contributed by atoms with Gasteiger partial charge in [-0.2, -0.15) is 0 Å². The maximum atomic E-state index is 6.46. The fourth-order valence-electron chi connectivity index (χ4n) is 7.80. The molecule has 54 heavy (non-hydrogen) atoms. The van der Waals surface area contributed by atoms with Crippen molar-refractivity contribution in [2.45, 2.75) is 0 Å². The molecule has 0 atom stereocenters. The van der Waals surface area contributed by atoms with Crippen molar-refractivity contribution in [3.05, 3.63) is 182 Å². The summed E-state index contributed by atoms with van der Waals surface area (Å²) in [5, 5.41) is 4.07. The minimum Gasteiger partial charge on any atom is -0.456 e. The van der Waals surface area contributed by atoms with Crippen molar-refractivity contribution < 1.29 is 13.3 Å². The van der Waals surface area contributed by atoms with Gasteiger partial charge in [-0.15, -0.1) is 0 Å². The molecule has 0 saturated heterocycles. The van der Waals surface area contributed by atoms with Gasteiger partial charge in [-0.1, -0.05) is 109 Å². The first-order valence-electron chi connectivity index (χ1n) is 18.0. The molecule has 0 aliphatic carbocycles. The van der Waals surface area contributed by atoms with E-state index in [2.05, 4.69) is 132 Å². The van der Waals surface area contributed by atoms with E-state index in [1.54, 1.807) is 0 Å². The Morgan fingerprint density at radius 1 is 0.370 bits per heavy atom. The zero-order chi connectivity index (χ0) is 35.6. The van der Waals surface area contributed by atoms with Crippen LogP contribution in [0.4, 0.5) is 17.1 Å². The van der Waals surface area contributed by atoms with Gasteiger partial charge in [-0.05, 0) is 89.0 Å². The first-order chi connectivity index (χ1) is 26.7. The highest BCUT2D eigenvalue weighted by Crippen LogP contribution is 2.46. The van der Waals surface area contributed by atoms with Gasteiger partial charge in [-0.3, -0.25) is 0 Å². The van der Waals surface area contributed by atoms with E-state index in [0.717, 1.165) is 88.7 Å². The average molecular weight is 695 g/mol. The second-order valence-corrected chi connectivity index (χ2v) is 13.5. The molecule has 8 aromatic carbocycles. The molecule has 0 fully saturated rings. The van der Waals surface area contributed by atoms with Crippen LogP contribution >= 0.6 is 0 Å². The molecule has 0 N–H and O–H groups in total. The highest BCUT2D eigenvalue weighted by Gasteiger charge is 2.22. The third kappa shape index (κ3) is 4.90. The summed E-state index contributed by atoms with van der Waals surface area (Å²) in [6.45, 7) is 0. The van der Waals surface area contributed by atoms with Crippen LogP contribution in [-0.4, -0.2) is 4.98 Å². The smallest absolute Gasteiger partial charge is 0.227 e. The van der Waals surface area contributed by atoms with Gasteiger partial charge in [0.05, 0.1) is 11.1 Å². The van der Waals surface area contributed by atoms with Gasteiger partial charge in [-0.25, -0.2) is 4.98 Å². The Hall–Kier alpha value is -7.37. The first-order valence-corrected chi connectivity index (χ1v) is 18.0. The molecule has 0 radical (unpaired) electrons. The Balaban J connectivity index is 1.15. The van der Waals surface area contributed by atoms with Gasteiger partial charge >= 0.3 is 0 Å². The number of fused-ring (bicyclic) bond motifs is 7. The van der Waals surface area contributed by atoms with Gasteiger partial charge in [0.15, 0.2) is 5.58 Å². The summed E-state index contributed by atoms with van der Waals surface area (Å²) in [6.07, 6.45) is 0. The number of para-hydroxylation sites is 1. The summed E-state index contributed by atoms with van der Waals surface area (Å²) in [5.41, 5.74) is 13.3. The number of hydrogen-bond acceptors (Lipinski definition) is 5. The molecule has 11 aromatic rings. The number of rotatable bonds is 6. The molecule has 254 valence electrons. The van der Waals surface area contributed by atoms with Gasteiger partial charge in [0.25, 0.3) is 0 Å². The van der Waals surface area contributed by atoms with E-state index in [4.69, 9.17) is 18.2 Å². The molecular formula is C49H30N2O3. The van der Waals surface area contributed by atoms with Crippen LogP contribution in [0.5, 0.6) is 0 Å². The summed E-state index contributed by atoms with van der Waals surface area (Å²) in [5.74, 6) is 0.586. The van der Waals surface area contributed by atoms with Crippen LogP contribution in [0.25, 0.3) is 88.7 Å². The van der Waals surface area contributed by atoms with Crippen LogP contribution in [0.2, 0.25) is 0 Å². The predicted molar refractivity (Wildman–Crippen MR) is 220 cm³/mol. The van der Waals surface area contributed by atoms with Crippen LogP contribution in [0.3, 0.4) is 0 Å². The van der Waals surface area contributed by atoms with Crippen molar-refractivity contribution in [3.8, 4) is 33.7 Å². The summed E-state index contributed by atoms with van der Waals surface area (Å²) in [6, 6.07) is 62.9. The number of furan rings is 2. The van der Waals surface area contributed by atoms with Gasteiger partial charge in [0.2, 0.25) is 5.89 Å². The molecular weight excluding hydrogens is 665 g/mol. The van der Waals surface area contributed by atoms with E-state index in [0.29, 0.717) is 11.5 Å². The summed E-state index contributed by atoms with van der Waals surface area (Å²) >= 11 is 0. The second kappa shape index (κ2) is 12.1. The molecule has 0 amide bonds. The van der Waals surface area contributed by atoms with E-state index < -0.39 is 0 Å². The molecule has 0 spiro atoms. The van der Waals surface area contributed by atoms with Crippen molar-refractivity contribution in [2.24, 2.45) is 0 Å². The molecule has 0 aliphatic heterocycles. The number of oxazole rings is 1. The lowest BCUT2D eigenvalue weighted by Crippen LogP contribution is -2.10. The van der Waals surface area contributed by atoms with Crippen LogP contribution in [0, 0.1) is 0 Å². The topological polar surface area (TPSA) is 55.6 Å². The molecule has 0 unspecified atom stereocenters. The molecule has 3 aromatic heterocycles. The van der Waals surface area contributed by atoms with E-state index in [-0.39, 0.29) is 0 Å². The second-order valence-electron chi connectivity index (χ2n) is 13.5. The lowest BCUT2D eigenvalue weighted by Gasteiger charge is -2.27. The quantitative estimate of drug-likeness (QED) is 0.173. The SMILES string of the molecule is c1ccc(-c2nc3cc4oc5ccc(N(c6ccc(-c7ccccc7)c(-c7ccccc7)c6)c6cccc7oc8ccccc8c67)cc5c4cc3o2)cc1. The number of anilines is 3. The number of aromatic nitrogens is 1. The largest absolute Gasteiger partial charge is 0.456 e. The van der Waals surface area contributed by atoms with E-state index in [9.17, 15) is 0 Å². The predicted octanol–water partition coefficient (Wildman–Crippen LogP) is 14.1. The summed E-state index contributed by atoms with van der Waals surface area (Å²) in [4.78, 5) is 7.13. The molecule has 0 bridgehead atoms. The maximum Gasteiger partial charge on any atom is 0.227 e.